The van der Waals surface area contributed by atoms with E-state index in [1.54, 1.807) is 25.1 Å². The van der Waals surface area contributed by atoms with Crippen molar-refractivity contribution in [3.05, 3.63) is 65.7 Å². The number of para-hydroxylation sites is 1. The molecule has 2 aromatic rings. The molecule has 0 aliphatic heterocycles. The van der Waals surface area contributed by atoms with Crippen LogP contribution in [0, 0.1) is 5.92 Å². The molecule has 8 heteroatoms. The van der Waals surface area contributed by atoms with Crippen molar-refractivity contribution in [3.8, 4) is 5.75 Å². The second kappa shape index (κ2) is 10.2. The third-order valence-electron chi connectivity index (χ3n) is 3.95. The fourth-order valence-corrected chi connectivity index (χ4v) is 2.42. The van der Waals surface area contributed by atoms with Crippen molar-refractivity contribution in [2.45, 2.75) is 25.7 Å². The van der Waals surface area contributed by atoms with E-state index in [1.807, 2.05) is 30.3 Å². The van der Waals surface area contributed by atoms with Gasteiger partial charge in [-0.25, -0.2) is 0 Å². The summed E-state index contributed by atoms with van der Waals surface area (Å²) in [5, 5.41) is 2.71. The number of hydrogen-bond acceptors (Lipinski definition) is 3. The van der Waals surface area contributed by atoms with Crippen LogP contribution in [0.25, 0.3) is 0 Å². The summed E-state index contributed by atoms with van der Waals surface area (Å²) in [6.07, 6.45) is -4.42. The van der Waals surface area contributed by atoms with Crippen LogP contribution in [0.1, 0.15) is 24.1 Å². The molecule has 4 nitrogen and oxygen atoms in total. The Morgan fingerprint density at radius 2 is 1.70 bits per heavy atom. The van der Waals surface area contributed by atoms with Gasteiger partial charge in [-0.15, -0.1) is 12.4 Å². The van der Waals surface area contributed by atoms with E-state index >= 15 is 0 Å². The van der Waals surface area contributed by atoms with Gasteiger partial charge in [0, 0.05) is 18.2 Å². The number of halogens is 4. The summed E-state index contributed by atoms with van der Waals surface area (Å²) in [4.78, 5) is 12.3. The molecule has 0 bridgehead atoms. The van der Waals surface area contributed by atoms with Crippen molar-refractivity contribution in [3.63, 3.8) is 0 Å². The summed E-state index contributed by atoms with van der Waals surface area (Å²) < 4.78 is 41.8. The summed E-state index contributed by atoms with van der Waals surface area (Å²) in [7, 11) is 0. The van der Waals surface area contributed by atoms with Gasteiger partial charge in [-0.2, -0.15) is 13.2 Å². The summed E-state index contributed by atoms with van der Waals surface area (Å²) in [5.41, 5.74) is 7.42. The fourth-order valence-electron chi connectivity index (χ4n) is 2.42. The van der Waals surface area contributed by atoms with Crippen molar-refractivity contribution in [1.29, 1.82) is 0 Å². The Morgan fingerprint density at radius 1 is 1.11 bits per heavy atom. The zero-order valence-electron chi connectivity index (χ0n) is 14.7. The van der Waals surface area contributed by atoms with Crippen molar-refractivity contribution >= 4 is 18.3 Å². The van der Waals surface area contributed by atoms with Crippen LogP contribution >= 0.6 is 12.4 Å². The second-order valence-corrected chi connectivity index (χ2v) is 5.95. The minimum Gasteiger partial charge on any atom is -0.484 e. The third-order valence-corrected chi connectivity index (χ3v) is 3.95. The van der Waals surface area contributed by atoms with Crippen LogP contribution in [0.3, 0.4) is 0 Å². The van der Waals surface area contributed by atoms with E-state index in [2.05, 4.69) is 5.32 Å². The average molecular weight is 403 g/mol. The van der Waals surface area contributed by atoms with E-state index in [4.69, 9.17) is 10.5 Å². The SMILES string of the molecule is CC(C(=O)NCc1ccccc1OCC(F)(F)F)C(N)c1ccccc1.Cl. The average Bonchev–Trinajstić information content (AvgIpc) is 2.64. The number of carbonyl (C=O) groups excluding carboxylic acids is 1. The van der Waals surface area contributed by atoms with Gasteiger partial charge in [0.1, 0.15) is 5.75 Å². The zero-order chi connectivity index (χ0) is 19.2. The number of carbonyl (C=O) groups is 1. The van der Waals surface area contributed by atoms with Gasteiger partial charge in [0.25, 0.3) is 0 Å². The molecule has 0 aromatic heterocycles. The van der Waals surface area contributed by atoms with Crippen molar-refractivity contribution in [1.82, 2.24) is 5.32 Å². The van der Waals surface area contributed by atoms with Gasteiger partial charge >= 0.3 is 6.18 Å². The minimum absolute atomic E-state index is 0. The summed E-state index contributed by atoms with van der Waals surface area (Å²) in [6.45, 7) is 0.380. The molecular weight excluding hydrogens is 381 g/mol. The van der Waals surface area contributed by atoms with Crippen molar-refractivity contribution in [2.75, 3.05) is 6.61 Å². The highest BCUT2D eigenvalue weighted by Crippen LogP contribution is 2.23. The van der Waals surface area contributed by atoms with Gasteiger partial charge in [-0.1, -0.05) is 55.5 Å². The molecule has 3 N–H and O–H groups in total. The molecule has 2 rings (SSSR count). The highest BCUT2D eigenvalue weighted by atomic mass is 35.5. The maximum absolute atomic E-state index is 12.3. The van der Waals surface area contributed by atoms with E-state index in [-0.39, 0.29) is 30.6 Å². The second-order valence-electron chi connectivity index (χ2n) is 5.95. The third kappa shape index (κ3) is 7.11. The lowest BCUT2D eigenvalue weighted by molar-refractivity contribution is -0.153. The van der Waals surface area contributed by atoms with Crippen LogP contribution in [0.2, 0.25) is 0 Å². The lowest BCUT2D eigenvalue weighted by Crippen LogP contribution is -2.35. The van der Waals surface area contributed by atoms with Crippen LogP contribution < -0.4 is 15.8 Å². The standard InChI is InChI=1S/C19H21F3N2O2.ClH/c1-13(17(23)14-7-3-2-4-8-14)18(25)24-11-15-9-5-6-10-16(15)26-12-19(20,21)22;/h2-10,13,17H,11-12,23H2,1H3,(H,24,25);1H. The number of alkyl halides is 3. The summed E-state index contributed by atoms with van der Waals surface area (Å²) in [5.74, 6) is -0.697. The first kappa shape index (κ1) is 22.8. The van der Waals surface area contributed by atoms with Crippen LogP contribution in [-0.4, -0.2) is 18.7 Å². The first-order valence-electron chi connectivity index (χ1n) is 8.13. The predicted molar refractivity (Wildman–Crippen MR) is 99.6 cm³/mol. The summed E-state index contributed by atoms with van der Waals surface area (Å²) >= 11 is 0. The van der Waals surface area contributed by atoms with Crippen LogP contribution in [0.15, 0.2) is 54.6 Å². The first-order chi connectivity index (χ1) is 12.3. The van der Waals surface area contributed by atoms with E-state index in [1.165, 1.54) is 6.07 Å². The highest BCUT2D eigenvalue weighted by molar-refractivity contribution is 5.85. The van der Waals surface area contributed by atoms with Crippen molar-refractivity contribution < 1.29 is 22.7 Å². The molecule has 2 unspecified atom stereocenters. The topological polar surface area (TPSA) is 64.3 Å². The number of benzene rings is 2. The molecular formula is C19H22ClF3N2O2. The molecule has 0 saturated heterocycles. The smallest absolute Gasteiger partial charge is 0.422 e. The molecule has 148 valence electrons. The Balaban J connectivity index is 0.00000364. The number of amides is 1. The molecule has 0 heterocycles. The first-order valence-corrected chi connectivity index (χ1v) is 8.13. The number of ether oxygens (including phenoxy) is 1. The highest BCUT2D eigenvalue weighted by Gasteiger charge is 2.29. The van der Waals surface area contributed by atoms with Gasteiger partial charge in [-0.3, -0.25) is 4.79 Å². The molecule has 27 heavy (non-hydrogen) atoms. The normalized spacial score (nSPS) is 13.2. The number of nitrogens with two attached hydrogens (primary N) is 1. The molecule has 2 atom stereocenters. The van der Waals surface area contributed by atoms with Crippen LogP contribution in [0.5, 0.6) is 5.75 Å². The van der Waals surface area contributed by atoms with E-state index in [0.717, 1.165) is 5.56 Å². The largest absolute Gasteiger partial charge is 0.484 e. The minimum atomic E-state index is -4.42. The number of hydrogen-bond donors (Lipinski definition) is 2. The molecule has 0 spiro atoms. The molecule has 1 amide bonds. The Morgan fingerprint density at radius 3 is 2.33 bits per heavy atom. The fraction of sp³-hybridized carbons (Fsp3) is 0.316. The molecule has 0 radical (unpaired) electrons. The van der Waals surface area contributed by atoms with Gasteiger partial charge in [-0.05, 0) is 11.6 Å². The molecule has 0 aliphatic carbocycles. The Kier molecular flexibility index (Phi) is 8.59. The maximum Gasteiger partial charge on any atom is 0.422 e. The van der Waals surface area contributed by atoms with Crippen LogP contribution in [-0.2, 0) is 11.3 Å². The molecule has 0 aliphatic rings. The lowest BCUT2D eigenvalue weighted by atomic mass is 9.94. The maximum atomic E-state index is 12.3. The monoisotopic (exact) mass is 402 g/mol. The Bertz CT molecular complexity index is 726. The summed E-state index contributed by atoms with van der Waals surface area (Å²) in [6, 6.07) is 15.0. The number of rotatable bonds is 7. The number of nitrogens with one attached hydrogen (secondary N) is 1. The van der Waals surface area contributed by atoms with Gasteiger partial charge in [0.2, 0.25) is 5.91 Å². The van der Waals surface area contributed by atoms with Crippen LogP contribution in [0.4, 0.5) is 13.2 Å². The van der Waals surface area contributed by atoms with E-state index < -0.39 is 24.7 Å². The Labute approximate surface area is 162 Å². The van der Waals surface area contributed by atoms with E-state index in [9.17, 15) is 18.0 Å². The molecule has 0 saturated carbocycles. The van der Waals surface area contributed by atoms with Gasteiger partial charge < -0.3 is 15.8 Å². The zero-order valence-corrected chi connectivity index (χ0v) is 15.5. The quantitative estimate of drug-likeness (QED) is 0.735. The predicted octanol–water partition coefficient (Wildman–Crippen LogP) is 4.00. The molecule has 0 fully saturated rings. The van der Waals surface area contributed by atoms with Crippen molar-refractivity contribution in [2.24, 2.45) is 11.7 Å². The molecule has 2 aromatic carbocycles. The van der Waals surface area contributed by atoms with Gasteiger partial charge in [0.05, 0.1) is 5.92 Å². The Hall–Kier alpha value is -2.25. The lowest BCUT2D eigenvalue weighted by Gasteiger charge is -2.20. The van der Waals surface area contributed by atoms with E-state index in [0.29, 0.717) is 5.56 Å². The van der Waals surface area contributed by atoms with Gasteiger partial charge in [0.15, 0.2) is 6.61 Å².